The Morgan fingerprint density at radius 2 is 1.91 bits per heavy atom. The van der Waals surface area contributed by atoms with E-state index in [1.165, 1.54) is 0 Å². The number of primary amides is 1. The third-order valence-electron chi connectivity index (χ3n) is 6.41. The summed E-state index contributed by atoms with van der Waals surface area (Å²) in [5, 5.41) is 11.8. The van der Waals surface area contributed by atoms with E-state index in [4.69, 9.17) is 15.7 Å². The first-order chi connectivity index (χ1) is 16.9. The minimum Gasteiger partial charge on any atom is -0.381 e. The number of carbonyl (C=O) groups excluding carboxylic acids is 3. The summed E-state index contributed by atoms with van der Waals surface area (Å²) >= 11 is 0. The molecule has 0 radical (unpaired) electrons. The van der Waals surface area contributed by atoms with E-state index in [1.807, 2.05) is 31.2 Å². The highest BCUT2D eigenvalue weighted by molar-refractivity contribution is 6.04. The molecule has 1 aliphatic heterocycles. The van der Waals surface area contributed by atoms with Crippen molar-refractivity contribution < 1.29 is 19.1 Å². The molecule has 0 aliphatic carbocycles. The lowest BCUT2D eigenvalue weighted by Gasteiger charge is -2.24. The van der Waals surface area contributed by atoms with Crippen LogP contribution in [0.15, 0.2) is 42.5 Å². The Morgan fingerprint density at radius 1 is 1.20 bits per heavy atom. The molecule has 1 saturated heterocycles. The number of amides is 2. The summed E-state index contributed by atoms with van der Waals surface area (Å²) < 4.78 is 7.11. The Hall–Kier alpha value is -4.03. The molecule has 0 saturated carbocycles. The minimum absolute atomic E-state index is 0.00941. The van der Waals surface area contributed by atoms with Crippen molar-refractivity contribution in [3.8, 4) is 6.07 Å². The highest BCUT2D eigenvalue weighted by Gasteiger charge is 2.27. The maximum Gasteiger partial charge on any atom is 0.257 e. The molecule has 9 nitrogen and oxygen atoms in total. The van der Waals surface area contributed by atoms with Crippen molar-refractivity contribution in [1.29, 1.82) is 5.26 Å². The fourth-order valence-electron chi connectivity index (χ4n) is 4.33. The highest BCUT2D eigenvalue weighted by Crippen LogP contribution is 2.29. The van der Waals surface area contributed by atoms with Crippen LogP contribution in [0.25, 0.3) is 11.0 Å². The van der Waals surface area contributed by atoms with Gasteiger partial charge >= 0.3 is 0 Å². The smallest absolute Gasteiger partial charge is 0.257 e. The number of ketones is 1. The first-order valence-electron chi connectivity index (χ1n) is 11.6. The molecule has 2 aromatic carbocycles. The van der Waals surface area contributed by atoms with Crippen LogP contribution in [-0.2, 0) is 20.9 Å². The molecule has 3 aromatic rings. The SMILES string of the molecule is CC(C(=O)C1CCOCC1)c1ccc2c(c1)nc(NC(=O)c1ccc(C#N)cc1)n2CCC(N)=O. The van der Waals surface area contributed by atoms with Crippen molar-refractivity contribution in [3.05, 3.63) is 59.2 Å². The van der Waals surface area contributed by atoms with Gasteiger partial charge in [-0.25, -0.2) is 4.98 Å². The van der Waals surface area contributed by atoms with E-state index in [1.54, 1.807) is 28.8 Å². The van der Waals surface area contributed by atoms with E-state index >= 15 is 0 Å². The zero-order chi connectivity index (χ0) is 24.9. The number of ether oxygens (including phenoxy) is 1. The van der Waals surface area contributed by atoms with Crippen molar-refractivity contribution in [2.24, 2.45) is 11.7 Å². The predicted molar refractivity (Wildman–Crippen MR) is 130 cm³/mol. The van der Waals surface area contributed by atoms with Crippen LogP contribution in [0.3, 0.4) is 0 Å². The molecule has 1 fully saturated rings. The Morgan fingerprint density at radius 3 is 2.57 bits per heavy atom. The molecule has 3 N–H and O–H groups in total. The summed E-state index contributed by atoms with van der Waals surface area (Å²) in [7, 11) is 0. The van der Waals surface area contributed by atoms with Gasteiger partial charge in [-0.05, 0) is 54.8 Å². The lowest BCUT2D eigenvalue weighted by atomic mass is 9.84. The maximum absolute atomic E-state index is 13.0. The summed E-state index contributed by atoms with van der Waals surface area (Å²) in [5.41, 5.74) is 8.35. The second-order valence-corrected chi connectivity index (χ2v) is 8.71. The molecule has 0 spiro atoms. The lowest BCUT2D eigenvalue weighted by Crippen LogP contribution is -2.26. The summed E-state index contributed by atoms with van der Waals surface area (Å²) in [6.07, 6.45) is 1.54. The zero-order valence-electron chi connectivity index (χ0n) is 19.5. The molecule has 2 amide bonds. The Labute approximate surface area is 202 Å². The maximum atomic E-state index is 13.0. The normalized spacial score (nSPS) is 14.9. The number of fused-ring (bicyclic) bond motifs is 1. The molecule has 1 aliphatic rings. The standard InChI is InChI=1S/C26H27N5O4/c1-16(24(33)18-9-12-35-13-10-18)20-6-7-22-21(14-20)29-26(31(22)11-8-23(28)32)30-25(34)19-4-2-17(15-27)3-5-19/h2-7,14,16,18H,8-13H2,1H3,(H2,28,32)(H,29,30,34). The fourth-order valence-corrected chi connectivity index (χ4v) is 4.33. The Bertz CT molecular complexity index is 1300. The monoisotopic (exact) mass is 473 g/mol. The number of aromatic nitrogens is 2. The molecule has 1 unspecified atom stereocenters. The molecular formula is C26H27N5O4. The van der Waals surface area contributed by atoms with E-state index in [2.05, 4.69) is 10.3 Å². The molecule has 9 heteroatoms. The van der Waals surface area contributed by atoms with Crippen molar-refractivity contribution in [1.82, 2.24) is 9.55 Å². The van der Waals surface area contributed by atoms with Gasteiger partial charge in [0.05, 0.1) is 22.7 Å². The van der Waals surface area contributed by atoms with Gasteiger partial charge in [0.15, 0.2) is 0 Å². The number of nitrogens with zero attached hydrogens (tertiary/aromatic N) is 3. The number of anilines is 1. The number of aryl methyl sites for hydroxylation is 1. The average Bonchev–Trinajstić information content (AvgIpc) is 3.22. The van der Waals surface area contributed by atoms with Crippen molar-refractivity contribution in [3.63, 3.8) is 0 Å². The molecule has 4 rings (SSSR count). The van der Waals surface area contributed by atoms with Crippen molar-refractivity contribution >= 4 is 34.6 Å². The Kier molecular flexibility index (Phi) is 7.22. The lowest BCUT2D eigenvalue weighted by molar-refractivity contribution is -0.126. The van der Waals surface area contributed by atoms with Crippen LogP contribution in [0.5, 0.6) is 0 Å². The number of nitrogens with two attached hydrogens (primary N) is 1. The second kappa shape index (κ2) is 10.5. The quantitative estimate of drug-likeness (QED) is 0.515. The summed E-state index contributed by atoms with van der Waals surface area (Å²) in [6, 6.07) is 13.9. The third-order valence-corrected chi connectivity index (χ3v) is 6.41. The van der Waals surface area contributed by atoms with Crippen LogP contribution < -0.4 is 11.1 Å². The van der Waals surface area contributed by atoms with Gasteiger partial charge in [-0.15, -0.1) is 0 Å². The summed E-state index contributed by atoms with van der Waals surface area (Å²) in [5.74, 6) is -0.706. The number of carbonyl (C=O) groups is 3. The van der Waals surface area contributed by atoms with Crippen LogP contribution >= 0.6 is 0 Å². The number of Topliss-reactive ketones (excluding diaryl/α,β-unsaturated/α-hetero) is 1. The van der Waals surface area contributed by atoms with Crippen LogP contribution in [0.2, 0.25) is 0 Å². The zero-order valence-corrected chi connectivity index (χ0v) is 19.5. The second-order valence-electron chi connectivity index (χ2n) is 8.71. The van der Waals surface area contributed by atoms with Gasteiger partial charge in [-0.2, -0.15) is 5.26 Å². The van der Waals surface area contributed by atoms with Crippen LogP contribution in [0.4, 0.5) is 5.95 Å². The molecule has 35 heavy (non-hydrogen) atoms. The number of hydrogen-bond donors (Lipinski definition) is 2. The van der Waals surface area contributed by atoms with Gasteiger partial charge in [-0.1, -0.05) is 13.0 Å². The van der Waals surface area contributed by atoms with E-state index in [0.29, 0.717) is 29.9 Å². The largest absolute Gasteiger partial charge is 0.381 e. The number of rotatable bonds is 8. The van der Waals surface area contributed by atoms with Gasteiger partial charge in [0.2, 0.25) is 11.9 Å². The van der Waals surface area contributed by atoms with Crippen molar-refractivity contribution in [2.75, 3.05) is 18.5 Å². The van der Waals surface area contributed by atoms with Gasteiger partial charge in [0.1, 0.15) is 5.78 Å². The molecule has 1 aromatic heterocycles. The molecular weight excluding hydrogens is 446 g/mol. The van der Waals surface area contributed by atoms with Crippen molar-refractivity contribution in [2.45, 2.75) is 38.6 Å². The van der Waals surface area contributed by atoms with E-state index in [-0.39, 0.29) is 36.5 Å². The van der Waals surface area contributed by atoms with Gasteiger partial charge in [-0.3, -0.25) is 19.7 Å². The van der Waals surface area contributed by atoms with E-state index < -0.39 is 11.8 Å². The molecule has 1 atom stereocenters. The minimum atomic E-state index is -0.469. The number of nitriles is 1. The van der Waals surface area contributed by atoms with E-state index in [9.17, 15) is 14.4 Å². The molecule has 2 heterocycles. The average molecular weight is 474 g/mol. The number of hydrogen-bond acceptors (Lipinski definition) is 6. The topological polar surface area (TPSA) is 140 Å². The number of imidazole rings is 1. The number of benzene rings is 2. The first-order valence-corrected chi connectivity index (χ1v) is 11.6. The Balaban J connectivity index is 1.63. The fraction of sp³-hybridized carbons (Fsp3) is 0.346. The van der Waals surface area contributed by atoms with E-state index in [0.717, 1.165) is 23.9 Å². The molecule has 180 valence electrons. The van der Waals surface area contributed by atoms with Crippen LogP contribution in [-0.4, -0.2) is 40.4 Å². The third kappa shape index (κ3) is 5.39. The predicted octanol–water partition coefficient (Wildman–Crippen LogP) is 3.13. The first kappa shape index (κ1) is 24.1. The highest BCUT2D eigenvalue weighted by atomic mass is 16.5. The van der Waals surface area contributed by atoms with Gasteiger partial charge in [0, 0.05) is 43.6 Å². The summed E-state index contributed by atoms with van der Waals surface area (Å²) in [4.78, 5) is 41.9. The van der Waals surface area contributed by atoms with Gasteiger partial charge < -0.3 is 15.0 Å². The molecule has 0 bridgehead atoms. The van der Waals surface area contributed by atoms with Crippen LogP contribution in [0, 0.1) is 17.2 Å². The van der Waals surface area contributed by atoms with Gasteiger partial charge in [0.25, 0.3) is 5.91 Å². The summed E-state index contributed by atoms with van der Waals surface area (Å²) in [6.45, 7) is 3.35. The van der Waals surface area contributed by atoms with Crippen LogP contribution in [0.1, 0.15) is 53.6 Å². The number of nitrogens with one attached hydrogen (secondary N) is 1.